The summed E-state index contributed by atoms with van der Waals surface area (Å²) in [6, 6.07) is 12.2. The lowest BCUT2D eigenvalue weighted by atomic mass is 10.1. The third-order valence-electron chi connectivity index (χ3n) is 4.16. The number of aromatic carboxylic acids is 1. The van der Waals surface area contributed by atoms with E-state index in [1.165, 1.54) is 19.3 Å². The summed E-state index contributed by atoms with van der Waals surface area (Å²) in [5, 5.41) is 23.3. The van der Waals surface area contributed by atoms with Gasteiger partial charge in [0.25, 0.3) is 0 Å². The molecule has 0 aliphatic carbocycles. The zero-order chi connectivity index (χ0) is 22.6. The highest BCUT2D eigenvalue weighted by atomic mass is 32.2. The summed E-state index contributed by atoms with van der Waals surface area (Å²) in [7, 11) is -4.27. The highest BCUT2D eigenvalue weighted by Gasteiger charge is 2.22. The zero-order valence-electron chi connectivity index (χ0n) is 16.4. The number of hydrogen-bond donors (Lipinski definition) is 5. The molecule has 0 aliphatic heterocycles. The third-order valence-corrected chi connectivity index (χ3v) is 5.10. The van der Waals surface area contributed by atoms with Crippen LogP contribution in [0.1, 0.15) is 23.0 Å². The average molecular weight is 444 g/mol. The van der Waals surface area contributed by atoms with Crippen LogP contribution in [-0.4, -0.2) is 25.4 Å². The number of sulfonamides is 1. The predicted octanol–water partition coefficient (Wildman–Crippen LogP) is 2.94. The topological polar surface area (TPSA) is 164 Å². The summed E-state index contributed by atoms with van der Waals surface area (Å²) >= 11 is 0. The van der Waals surface area contributed by atoms with Gasteiger partial charge in [-0.3, -0.25) is 4.79 Å². The third kappa shape index (κ3) is 5.62. The van der Waals surface area contributed by atoms with Gasteiger partial charge in [-0.05, 0) is 48.5 Å². The SMILES string of the molecule is CC(=O)Nc1ccc(Nc2c(NCc3ccco3)cc(C(=O)O)cc2S(N)(=O)=O)cc1. The lowest BCUT2D eigenvalue weighted by Crippen LogP contribution is -2.17. The van der Waals surface area contributed by atoms with E-state index in [1.54, 1.807) is 36.4 Å². The van der Waals surface area contributed by atoms with E-state index >= 15 is 0 Å². The summed E-state index contributed by atoms with van der Waals surface area (Å²) in [6.07, 6.45) is 1.48. The first-order valence-corrected chi connectivity index (χ1v) is 10.5. The second kappa shape index (κ2) is 8.90. The highest BCUT2D eigenvalue weighted by Crippen LogP contribution is 2.34. The molecular weight excluding hydrogens is 424 g/mol. The van der Waals surface area contributed by atoms with Gasteiger partial charge in [0, 0.05) is 18.3 Å². The summed E-state index contributed by atoms with van der Waals surface area (Å²) in [5.74, 6) is -0.980. The van der Waals surface area contributed by atoms with Crippen molar-refractivity contribution in [2.24, 2.45) is 5.14 Å². The Labute approximate surface area is 178 Å². The van der Waals surface area contributed by atoms with Gasteiger partial charge < -0.3 is 25.5 Å². The molecule has 6 N–H and O–H groups in total. The van der Waals surface area contributed by atoms with E-state index in [0.29, 0.717) is 17.1 Å². The molecule has 1 aromatic heterocycles. The van der Waals surface area contributed by atoms with Gasteiger partial charge in [0.15, 0.2) is 0 Å². The molecule has 11 heteroatoms. The minimum absolute atomic E-state index is 0.0753. The Kier molecular flexibility index (Phi) is 6.28. The fourth-order valence-corrected chi connectivity index (χ4v) is 3.55. The van der Waals surface area contributed by atoms with Crippen LogP contribution in [0.2, 0.25) is 0 Å². The fraction of sp³-hybridized carbons (Fsp3) is 0.100. The molecule has 0 aliphatic rings. The minimum Gasteiger partial charge on any atom is -0.478 e. The van der Waals surface area contributed by atoms with Gasteiger partial charge in [-0.2, -0.15) is 0 Å². The largest absolute Gasteiger partial charge is 0.478 e. The number of carbonyl (C=O) groups excluding carboxylic acids is 1. The van der Waals surface area contributed by atoms with Crippen LogP contribution in [-0.2, 0) is 21.4 Å². The van der Waals surface area contributed by atoms with Crippen LogP contribution in [0.5, 0.6) is 0 Å². The van der Waals surface area contributed by atoms with Gasteiger partial charge in [0.2, 0.25) is 15.9 Å². The van der Waals surface area contributed by atoms with Gasteiger partial charge in [0.05, 0.1) is 29.7 Å². The number of nitrogens with one attached hydrogen (secondary N) is 3. The molecular formula is C20H20N4O6S. The first-order valence-electron chi connectivity index (χ1n) is 8.98. The molecule has 0 radical (unpaired) electrons. The molecule has 31 heavy (non-hydrogen) atoms. The molecule has 0 unspecified atom stereocenters. The molecule has 0 saturated carbocycles. The quantitative estimate of drug-likeness (QED) is 0.354. The average Bonchev–Trinajstić information content (AvgIpc) is 3.20. The van der Waals surface area contributed by atoms with Gasteiger partial charge >= 0.3 is 5.97 Å². The second-order valence-corrected chi connectivity index (χ2v) is 8.09. The lowest BCUT2D eigenvalue weighted by molar-refractivity contribution is -0.114. The Morgan fingerprint density at radius 1 is 1.10 bits per heavy atom. The van der Waals surface area contributed by atoms with Crippen molar-refractivity contribution in [3.8, 4) is 0 Å². The van der Waals surface area contributed by atoms with E-state index in [-0.39, 0.29) is 34.3 Å². The normalized spacial score (nSPS) is 11.0. The van der Waals surface area contributed by atoms with Crippen molar-refractivity contribution in [3.63, 3.8) is 0 Å². The Morgan fingerprint density at radius 3 is 2.32 bits per heavy atom. The van der Waals surface area contributed by atoms with Crippen LogP contribution in [0.15, 0.2) is 64.1 Å². The molecule has 3 rings (SSSR count). The van der Waals surface area contributed by atoms with Crippen LogP contribution in [0.4, 0.5) is 22.7 Å². The number of hydrogen-bond acceptors (Lipinski definition) is 7. The van der Waals surface area contributed by atoms with Crippen LogP contribution in [0.3, 0.4) is 0 Å². The highest BCUT2D eigenvalue weighted by molar-refractivity contribution is 7.89. The maximum absolute atomic E-state index is 12.2. The van der Waals surface area contributed by atoms with E-state index in [0.717, 1.165) is 6.07 Å². The molecule has 1 amide bonds. The Morgan fingerprint density at radius 2 is 1.77 bits per heavy atom. The van der Waals surface area contributed by atoms with Crippen molar-refractivity contribution in [1.82, 2.24) is 0 Å². The van der Waals surface area contributed by atoms with Crippen molar-refractivity contribution in [3.05, 3.63) is 66.1 Å². The minimum atomic E-state index is -4.27. The molecule has 3 aromatic rings. The first-order chi connectivity index (χ1) is 14.6. The Hall–Kier alpha value is -3.83. The van der Waals surface area contributed by atoms with Crippen LogP contribution in [0, 0.1) is 0 Å². The Bertz CT molecular complexity index is 1210. The number of carboxylic acid groups (broad SMARTS) is 1. The molecule has 162 valence electrons. The monoisotopic (exact) mass is 444 g/mol. The Balaban J connectivity index is 2.04. The van der Waals surface area contributed by atoms with E-state index in [1.807, 2.05) is 0 Å². The molecule has 10 nitrogen and oxygen atoms in total. The lowest BCUT2D eigenvalue weighted by Gasteiger charge is -2.18. The molecule has 0 bridgehead atoms. The molecule has 0 fully saturated rings. The van der Waals surface area contributed by atoms with E-state index in [9.17, 15) is 23.1 Å². The summed E-state index contributed by atoms with van der Waals surface area (Å²) < 4.78 is 29.7. The number of carbonyl (C=O) groups is 2. The maximum Gasteiger partial charge on any atom is 0.335 e. The van der Waals surface area contributed by atoms with Crippen LogP contribution < -0.4 is 21.1 Å². The van der Waals surface area contributed by atoms with Crippen LogP contribution >= 0.6 is 0 Å². The summed E-state index contributed by atoms with van der Waals surface area (Å²) in [4.78, 5) is 22.3. The second-order valence-electron chi connectivity index (χ2n) is 6.56. The van der Waals surface area contributed by atoms with Crippen molar-refractivity contribution in [1.29, 1.82) is 0 Å². The predicted molar refractivity (Wildman–Crippen MR) is 115 cm³/mol. The van der Waals surface area contributed by atoms with E-state index in [2.05, 4.69) is 16.0 Å². The molecule has 0 spiro atoms. The summed E-state index contributed by atoms with van der Waals surface area (Å²) in [5.41, 5.74) is 1.07. The number of benzene rings is 2. The van der Waals surface area contributed by atoms with Gasteiger partial charge in [0.1, 0.15) is 10.7 Å². The molecule has 1 heterocycles. The van der Waals surface area contributed by atoms with Gasteiger partial charge in [-0.1, -0.05) is 0 Å². The van der Waals surface area contributed by atoms with E-state index < -0.39 is 16.0 Å². The number of anilines is 4. The maximum atomic E-state index is 12.2. The number of furan rings is 1. The van der Waals surface area contributed by atoms with Crippen molar-refractivity contribution < 1.29 is 27.5 Å². The smallest absolute Gasteiger partial charge is 0.335 e. The fourth-order valence-electron chi connectivity index (χ4n) is 2.81. The van der Waals surface area contributed by atoms with Gasteiger partial charge in [-0.25, -0.2) is 18.4 Å². The van der Waals surface area contributed by atoms with Crippen molar-refractivity contribution >= 4 is 44.6 Å². The molecule has 0 atom stereocenters. The molecule has 2 aromatic carbocycles. The number of rotatable bonds is 8. The molecule has 0 saturated heterocycles. The van der Waals surface area contributed by atoms with E-state index in [4.69, 9.17) is 9.56 Å². The number of amides is 1. The standard InChI is InChI=1S/C20H20N4O6S/c1-12(25)23-14-4-6-15(7-5-14)24-19-17(22-11-16-3-2-8-30-16)9-13(20(26)27)10-18(19)31(21,28)29/h2-10,22,24H,11H2,1H3,(H,23,25)(H,26,27)(H2,21,28,29). The number of nitrogens with two attached hydrogens (primary N) is 1. The number of carboxylic acids is 1. The summed E-state index contributed by atoms with van der Waals surface area (Å²) in [6.45, 7) is 1.56. The van der Waals surface area contributed by atoms with Crippen LogP contribution in [0.25, 0.3) is 0 Å². The number of primary sulfonamides is 1. The zero-order valence-corrected chi connectivity index (χ0v) is 17.2. The van der Waals surface area contributed by atoms with Crippen molar-refractivity contribution in [2.45, 2.75) is 18.4 Å². The van der Waals surface area contributed by atoms with Crippen molar-refractivity contribution in [2.75, 3.05) is 16.0 Å². The van der Waals surface area contributed by atoms with Gasteiger partial charge in [-0.15, -0.1) is 0 Å². The first kappa shape index (κ1) is 21.9.